The zero-order valence-corrected chi connectivity index (χ0v) is 13.8. The smallest absolute Gasteiger partial charge is 0.410 e. The first kappa shape index (κ1) is 15.6. The molecule has 3 rings (SSSR count). The van der Waals surface area contributed by atoms with Gasteiger partial charge in [0.15, 0.2) is 5.65 Å². The van der Waals surface area contributed by atoms with Gasteiger partial charge in [-0.05, 0) is 33.6 Å². The molecule has 0 radical (unpaired) electrons. The summed E-state index contributed by atoms with van der Waals surface area (Å²) in [7, 11) is 0. The van der Waals surface area contributed by atoms with Crippen LogP contribution in [-0.4, -0.2) is 44.3 Å². The van der Waals surface area contributed by atoms with E-state index < -0.39 is 5.60 Å². The monoisotopic (exact) mass is 317 g/mol. The Labute approximate surface area is 135 Å². The molecule has 0 aromatic carbocycles. The molecule has 2 N–H and O–H groups in total. The summed E-state index contributed by atoms with van der Waals surface area (Å²) in [5, 5.41) is 4.57. The Bertz CT molecular complexity index is 711. The third-order valence-corrected chi connectivity index (χ3v) is 3.92. The van der Waals surface area contributed by atoms with Crippen molar-refractivity contribution in [2.24, 2.45) is 0 Å². The van der Waals surface area contributed by atoms with Gasteiger partial charge in [0.2, 0.25) is 0 Å². The maximum atomic E-state index is 12.1. The van der Waals surface area contributed by atoms with Crippen molar-refractivity contribution in [2.75, 3.05) is 18.8 Å². The van der Waals surface area contributed by atoms with Gasteiger partial charge >= 0.3 is 6.09 Å². The van der Waals surface area contributed by atoms with Crippen molar-refractivity contribution in [1.29, 1.82) is 0 Å². The molecule has 0 unspecified atom stereocenters. The molecule has 3 heterocycles. The lowest BCUT2D eigenvalue weighted by Crippen LogP contribution is -2.41. The summed E-state index contributed by atoms with van der Waals surface area (Å²) in [4.78, 5) is 18.1. The molecule has 2 aromatic rings. The van der Waals surface area contributed by atoms with Crippen LogP contribution in [0.1, 0.15) is 45.2 Å². The molecule has 7 heteroatoms. The highest BCUT2D eigenvalue weighted by molar-refractivity contribution is 5.68. The lowest BCUT2D eigenvalue weighted by atomic mass is 9.94. The second kappa shape index (κ2) is 5.72. The molecular weight excluding hydrogens is 294 g/mol. The van der Waals surface area contributed by atoms with E-state index in [4.69, 9.17) is 10.5 Å². The number of aromatic nitrogens is 3. The standard InChI is InChI=1S/C16H23N5O2/c1-16(2,3)23-15(22)20-6-4-11(5-7-20)13-8-14-18-9-12(17)10-21(14)19-13/h8-11H,4-7,17H2,1-3H3. The summed E-state index contributed by atoms with van der Waals surface area (Å²) < 4.78 is 7.14. The quantitative estimate of drug-likeness (QED) is 0.873. The third-order valence-electron chi connectivity index (χ3n) is 3.92. The first-order chi connectivity index (χ1) is 10.8. The fourth-order valence-electron chi connectivity index (χ4n) is 2.79. The van der Waals surface area contributed by atoms with E-state index in [2.05, 4.69) is 10.1 Å². The van der Waals surface area contributed by atoms with Crippen molar-refractivity contribution in [2.45, 2.75) is 45.1 Å². The van der Waals surface area contributed by atoms with Crippen LogP contribution in [0.4, 0.5) is 10.5 Å². The van der Waals surface area contributed by atoms with Crippen molar-refractivity contribution in [3.05, 3.63) is 24.2 Å². The number of rotatable bonds is 1. The number of piperidine rings is 1. The Kier molecular flexibility index (Phi) is 3.87. The zero-order chi connectivity index (χ0) is 16.6. The number of amides is 1. The second-order valence-corrected chi connectivity index (χ2v) is 7.00. The van der Waals surface area contributed by atoms with Crippen molar-refractivity contribution in [3.8, 4) is 0 Å². The lowest BCUT2D eigenvalue weighted by molar-refractivity contribution is 0.0204. The molecule has 0 saturated carbocycles. The van der Waals surface area contributed by atoms with Gasteiger partial charge in [0.05, 0.1) is 23.8 Å². The van der Waals surface area contributed by atoms with Crippen LogP contribution in [0.3, 0.4) is 0 Å². The van der Waals surface area contributed by atoms with Gasteiger partial charge in [-0.2, -0.15) is 5.10 Å². The van der Waals surface area contributed by atoms with Crippen molar-refractivity contribution in [3.63, 3.8) is 0 Å². The molecule has 1 aliphatic heterocycles. The van der Waals surface area contributed by atoms with E-state index in [9.17, 15) is 4.79 Å². The third kappa shape index (κ3) is 3.55. The molecule has 0 spiro atoms. The molecule has 124 valence electrons. The lowest BCUT2D eigenvalue weighted by Gasteiger charge is -2.32. The van der Waals surface area contributed by atoms with E-state index in [0.29, 0.717) is 24.7 Å². The first-order valence-electron chi connectivity index (χ1n) is 7.90. The maximum absolute atomic E-state index is 12.1. The summed E-state index contributed by atoms with van der Waals surface area (Å²) in [6, 6.07) is 1.99. The molecule has 1 saturated heterocycles. The molecule has 1 amide bonds. The van der Waals surface area contributed by atoms with Crippen molar-refractivity contribution in [1.82, 2.24) is 19.5 Å². The van der Waals surface area contributed by atoms with Gasteiger partial charge in [0.1, 0.15) is 5.60 Å². The van der Waals surface area contributed by atoms with Crippen LogP contribution in [0.25, 0.3) is 5.65 Å². The predicted molar refractivity (Wildman–Crippen MR) is 87.2 cm³/mol. The summed E-state index contributed by atoms with van der Waals surface area (Å²) >= 11 is 0. The Balaban J connectivity index is 1.65. The van der Waals surface area contributed by atoms with E-state index >= 15 is 0 Å². The van der Waals surface area contributed by atoms with E-state index in [1.807, 2.05) is 26.8 Å². The Hall–Kier alpha value is -2.31. The largest absolute Gasteiger partial charge is 0.444 e. The summed E-state index contributed by atoms with van der Waals surface area (Å²) in [5.41, 5.74) is 7.67. The molecule has 0 aliphatic carbocycles. The SMILES string of the molecule is CC(C)(C)OC(=O)N1CCC(c2cc3ncc(N)cn3n2)CC1. The van der Waals surface area contributed by atoms with Gasteiger partial charge < -0.3 is 15.4 Å². The molecule has 7 nitrogen and oxygen atoms in total. The Morgan fingerprint density at radius 1 is 1.35 bits per heavy atom. The number of hydrogen-bond acceptors (Lipinski definition) is 5. The molecule has 0 atom stereocenters. The van der Waals surface area contributed by atoms with Gasteiger partial charge in [0.25, 0.3) is 0 Å². The number of nitrogens with two attached hydrogens (primary N) is 1. The average Bonchev–Trinajstić information content (AvgIpc) is 2.88. The number of carbonyl (C=O) groups is 1. The number of nitrogens with zero attached hydrogens (tertiary/aromatic N) is 4. The van der Waals surface area contributed by atoms with Crippen LogP contribution in [0, 0.1) is 0 Å². The minimum atomic E-state index is -0.457. The normalized spacial score (nSPS) is 16.7. The predicted octanol–water partition coefficient (Wildman–Crippen LogP) is 2.43. The van der Waals surface area contributed by atoms with Crippen molar-refractivity contribution >= 4 is 17.4 Å². The van der Waals surface area contributed by atoms with Gasteiger partial charge in [-0.15, -0.1) is 0 Å². The number of likely N-dealkylation sites (tertiary alicyclic amines) is 1. The average molecular weight is 317 g/mol. The number of carbonyl (C=O) groups excluding carboxylic acids is 1. The highest BCUT2D eigenvalue weighted by atomic mass is 16.6. The van der Waals surface area contributed by atoms with Gasteiger partial charge in [-0.25, -0.2) is 14.3 Å². The minimum absolute atomic E-state index is 0.236. The summed E-state index contributed by atoms with van der Waals surface area (Å²) in [6.45, 7) is 7.01. The zero-order valence-electron chi connectivity index (χ0n) is 13.8. The van der Waals surface area contributed by atoms with Crippen LogP contribution >= 0.6 is 0 Å². The van der Waals surface area contributed by atoms with Crippen LogP contribution in [0.15, 0.2) is 18.5 Å². The van der Waals surface area contributed by atoms with Gasteiger partial charge in [-0.1, -0.05) is 0 Å². The fraction of sp³-hybridized carbons (Fsp3) is 0.562. The molecule has 23 heavy (non-hydrogen) atoms. The molecule has 0 bridgehead atoms. The van der Waals surface area contributed by atoms with E-state index in [1.54, 1.807) is 21.8 Å². The Morgan fingerprint density at radius 2 is 2.04 bits per heavy atom. The van der Waals surface area contributed by atoms with E-state index in [0.717, 1.165) is 24.2 Å². The molecule has 1 aliphatic rings. The topological polar surface area (TPSA) is 85.8 Å². The van der Waals surface area contributed by atoms with Crippen molar-refractivity contribution < 1.29 is 9.53 Å². The minimum Gasteiger partial charge on any atom is -0.444 e. The van der Waals surface area contributed by atoms with Crippen LogP contribution in [-0.2, 0) is 4.74 Å². The molecule has 2 aromatic heterocycles. The van der Waals surface area contributed by atoms with Gasteiger partial charge in [0, 0.05) is 25.1 Å². The number of fused-ring (bicyclic) bond motifs is 1. The summed E-state index contributed by atoms with van der Waals surface area (Å²) in [6.07, 6.45) is 4.91. The van der Waals surface area contributed by atoms with Gasteiger partial charge in [-0.3, -0.25) is 0 Å². The maximum Gasteiger partial charge on any atom is 0.410 e. The number of ether oxygens (including phenoxy) is 1. The number of anilines is 1. The van der Waals surface area contributed by atoms with E-state index in [-0.39, 0.29) is 6.09 Å². The first-order valence-corrected chi connectivity index (χ1v) is 7.90. The van der Waals surface area contributed by atoms with Crippen LogP contribution in [0.2, 0.25) is 0 Å². The fourth-order valence-corrected chi connectivity index (χ4v) is 2.79. The molecule has 1 fully saturated rings. The summed E-state index contributed by atoms with van der Waals surface area (Å²) in [5.74, 6) is 0.330. The molecular formula is C16H23N5O2. The highest BCUT2D eigenvalue weighted by Gasteiger charge is 2.28. The van der Waals surface area contributed by atoms with Crippen LogP contribution in [0.5, 0.6) is 0 Å². The highest BCUT2D eigenvalue weighted by Crippen LogP contribution is 2.28. The number of nitrogen functional groups attached to an aromatic ring is 1. The number of hydrogen-bond donors (Lipinski definition) is 1. The second-order valence-electron chi connectivity index (χ2n) is 7.00. The Morgan fingerprint density at radius 3 is 2.70 bits per heavy atom. The van der Waals surface area contributed by atoms with Crippen LogP contribution < -0.4 is 5.73 Å². The van der Waals surface area contributed by atoms with E-state index in [1.165, 1.54) is 0 Å².